The molecule has 0 spiro atoms. The first-order chi connectivity index (χ1) is 6.74. The maximum Gasteiger partial charge on any atom is 0.106 e. The normalized spacial score (nSPS) is 15.1. The average molecular weight is 227 g/mol. The van der Waals surface area contributed by atoms with E-state index in [9.17, 15) is 0 Å². The summed E-state index contributed by atoms with van der Waals surface area (Å²) < 4.78 is 0. The number of hydrogen-bond acceptors (Lipinski definition) is 3. The van der Waals surface area contributed by atoms with Gasteiger partial charge in [-0.2, -0.15) is 0 Å². The molecule has 1 rings (SSSR count). The predicted molar refractivity (Wildman–Crippen MR) is 66.6 cm³/mol. The minimum atomic E-state index is 0.687. The average Bonchev–Trinajstić information content (AvgIpc) is 2.26. The van der Waals surface area contributed by atoms with Crippen LogP contribution in [0.25, 0.3) is 0 Å². The highest BCUT2D eigenvalue weighted by molar-refractivity contribution is 8.76. The molecule has 0 radical (unpaired) electrons. The summed E-state index contributed by atoms with van der Waals surface area (Å²) >= 11 is 0. The van der Waals surface area contributed by atoms with Gasteiger partial charge in [-0.15, -0.1) is 0 Å². The number of aromatic nitrogens is 1. The highest BCUT2D eigenvalue weighted by atomic mass is 33.1. The van der Waals surface area contributed by atoms with Crippen LogP contribution in [-0.2, 0) is 0 Å². The Kier molecular flexibility index (Phi) is 5.41. The predicted octanol–water partition coefficient (Wildman–Crippen LogP) is 4.26. The summed E-state index contributed by atoms with van der Waals surface area (Å²) in [5, 5.41) is 1.79. The molecule has 78 valence electrons. The molecule has 1 nitrogen and oxygen atoms in total. The molecule has 1 heterocycles. The smallest absolute Gasteiger partial charge is 0.106 e. The number of hydrogen-bond donors (Lipinski definition) is 0. The summed E-state index contributed by atoms with van der Waals surface area (Å²) in [7, 11) is 3.69. The van der Waals surface area contributed by atoms with Gasteiger partial charge in [0, 0.05) is 11.4 Å². The van der Waals surface area contributed by atoms with E-state index in [4.69, 9.17) is 0 Å². The van der Waals surface area contributed by atoms with Gasteiger partial charge in [-0.25, -0.2) is 4.98 Å². The van der Waals surface area contributed by atoms with E-state index in [1.54, 1.807) is 10.8 Å². The first kappa shape index (κ1) is 11.9. The van der Waals surface area contributed by atoms with Crippen LogP contribution in [-0.4, -0.2) is 10.2 Å². The standard InChI is InChI=1S/C11H17NS2/c1-4-9(2)10(3)13-14-11-7-5-6-8-12-11/h5-10H,4H2,1-3H3. The van der Waals surface area contributed by atoms with Crippen LogP contribution >= 0.6 is 21.6 Å². The van der Waals surface area contributed by atoms with Crippen LogP contribution in [0.15, 0.2) is 29.4 Å². The molecule has 0 aromatic carbocycles. The van der Waals surface area contributed by atoms with Crippen molar-refractivity contribution in [3.05, 3.63) is 24.4 Å². The van der Waals surface area contributed by atoms with Crippen molar-refractivity contribution in [3.8, 4) is 0 Å². The lowest BCUT2D eigenvalue weighted by Crippen LogP contribution is -2.07. The van der Waals surface area contributed by atoms with Crippen molar-refractivity contribution in [2.75, 3.05) is 0 Å². The molecule has 14 heavy (non-hydrogen) atoms. The molecule has 2 unspecified atom stereocenters. The largest absolute Gasteiger partial charge is 0.249 e. The Morgan fingerprint density at radius 3 is 2.71 bits per heavy atom. The zero-order valence-electron chi connectivity index (χ0n) is 8.93. The third-order valence-corrected chi connectivity index (χ3v) is 5.36. The maximum atomic E-state index is 4.28. The summed E-state index contributed by atoms with van der Waals surface area (Å²) in [6.45, 7) is 6.83. The van der Waals surface area contributed by atoms with Gasteiger partial charge in [0.1, 0.15) is 5.03 Å². The number of rotatable bonds is 5. The van der Waals surface area contributed by atoms with Crippen LogP contribution in [0, 0.1) is 5.92 Å². The molecule has 0 amide bonds. The second-order valence-corrected chi connectivity index (χ2v) is 6.04. The van der Waals surface area contributed by atoms with E-state index < -0.39 is 0 Å². The molecule has 0 saturated heterocycles. The van der Waals surface area contributed by atoms with Crippen LogP contribution < -0.4 is 0 Å². The van der Waals surface area contributed by atoms with Crippen molar-refractivity contribution in [2.24, 2.45) is 5.92 Å². The van der Waals surface area contributed by atoms with E-state index in [1.165, 1.54) is 6.42 Å². The highest BCUT2D eigenvalue weighted by Crippen LogP contribution is 2.36. The molecule has 0 bridgehead atoms. The molecule has 0 aliphatic carbocycles. The van der Waals surface area contributed by atoms with Crippen LogP contribution in [0.2, 0.25) is 0 Å². The fourth-order valence-electron chi connectivity index (χ4n) is 0.948. The lowest BCUT2D eigenvalue weighted by atomic mass is 10.1. The molecule has 0 aliphatic rings. The van der Waals surface area contributed by atoms with Gasteiger partial charge in [0.2, 0.25) is 0 Å². The van der Waals surface area contributed by atoms with Crippen LogP contribution in [0.4, 0.5) is 0 Å². The molecular weight excluding hydrogens is 210 g/mol. The van der Waals surface area contributed by atoms with Gasteiger partial charge >= 0.3 is 0 Å². The third-order valence-electron chi connectivity index (χ3n) is 2.37. The summed E-state index contributed by atoms with van der Waals surface area (Å²) in [4.78, 5) is 4.28. The Hall–Kier alpha value is -0.150. The Bertz CT molecular complexity index is 251. The van der Waals surface area contributed by atoms with E-state index in [0.717, 1.165) is 10.9 Å². The van der Waals surface area contributed by atoms with Crippen molar-refractivity contribution in [2.45, 2.75) is 37.5 Å². The highest BCUT2D eigenvalue weighted by Gasteiger charge is 2.11. The van der Waals surface area contributed by atoms with Crippen LogP contribution in [0.1, 0.15) is 27.2 Å². The van der Waals surface area contributed by atoms with E-state index in [-0.39, 0.29) is 0 Å². The molecule has 0 saturated carbocycles. The van der Waals surface area contributed by atoms with E-state index >= 15 is 0 Å². The summed E-state index contributed by atoms with van der Waals surface area (Å²) in [6, 6.07) is 6.04. The summed E-state index contributed by atoms with van der Waals surface area (Å²) in [5.41, 5.74) is 0. The first-order valence-corrected chi connectivity index (χ1v) is 7.19. The summed E-state index contributed by atoms with van der Waals surface area (Å²) in [6.07, 6.45) is 3.09. The zero-order chi connectivity index (χ0) is 10.4. The summed E-state index contributed by atoms with van der Waals surface area (Å²) in [5.74, 6) is 0.774. The van der Waals surface area contributed by atoms with Crippen molar-refractivity contribution < 1.29 is 0 Å². The van der Waals surface area contributed by atoms with Gasteiger partial charge in [-0.05, 0) is 28.8 Å². The van der Waals surface area contributed by atoms with Gasteiger partial charge in [0.25, 0.3) is 0 Å². The monoisotopic (exact) mass is 227 g/mol. The SMILES string of the molecule is CCC(C)C(C)SSc1ccccn1. The van der Waals surface area contributed by atoms with Crippen molar-refractivity contribution in [1.82, 2.24) is 4.98 Å². The minimum Gasteiger partial charge on any atom is -0.249 e. The zero-order valence-corrected chi connectivity index (χ0v) is 10.6. The minimum absolute atomic E-state index is 0.687. The van der Waals surface area contributed by atoms with Gasteiger partial charge < -0.3 is 0 Å². The molecule has 2 atom stereocenters. The van der Waals surface area contributed by atoms with Crippen molar-refractivity contribution in [1.29, 1.82) is 0 Å². The molecule has 1 aromatic heterocycles. The molecular formula is C11H17NS2. The van der Waals surface area contributed by atoms with E-state index in [1.807, 2.05) is 29.1 Å². The van der Waals surface area contributed by atoms with Crippen LogP contribution in [0.3, 0.4) is 0 Å². The number of pyridine rings is 1. The Morgan fingerprint density at radius 1 is 1.36 bits per heavy atom. The van der Waals surface area contributed by atoms with E-state index in [0.29, 0.717) is 5.25 Å². The molecule has 0 N–H and O–H groups in total. The topological polar surface area (TPSA) is 12.9 Å². The quantitative estimate of drug-likeness (QED) is 0.698. The Morgan fingerprint density at radius 2 is 2.14 bits per heavy atom. The van der Waals surface area contributed by atoms with Crippen molar-refractivity contribution >= 4 is 21.6 Å². The van der Waals surface area contributed by atoms with Gasteiger partial charge in [0.15, 0.2) is 0 Å². The lowest BCUT2D eigenvalue weighted by molar-refractivity contribution is 0.559. The van der Waals surface area contributed by atoms with Crippen molar-refractivity contribution in [3.63, 3.8) is 0 Å². The van der Waals surface area contributed by atoms with Crippen LogP contribution in [0.5, 0.6) is 0 Å². The molecule has 1 aromatic rings. The van der Waals surface area contributed by atoms with Gasteiger partial charge in [0.05, 0.1) is 0 Å². The molecule has 0 aliphatic heterocycles. The molecule has 3 heteroatoms. The fourth-order valence-corrected chi connectivity index (χ4v) is 3.43. The lowest BCUT2D eigenvalue weighted by Gasteiger charge is -2.16. The Labute approximate surface area is 94.5 Å². The first-order valence-electron chi connectivity index (χ1n) is 4.98. The van der Waals surface area contributed by atoms with Gasteiger partial charge in [-0.3, -0.25) is 0 Å². The maximum absolute atomic E-state index is 4.28. The second kappa shape index (κ2) is 6.36. The Balaban J connectivity index is 2.34. The van der Waals surface area contributed by atoms with E-state index in [2.05, 4.69) is 31.8 Å². The second-order valence-electron chi connectivity index (χ2n) is 3.44. The van der Waals surface area contributed by atoms with Gasteiger partial charge in [-0.1, -0.05) is 44.1 Å². The number of nitrogens with zero attached hydrogens (tertiary/aromatic N) is 1. The molecule has 0 fully saturated rings. The third kappa shape index (κ3) is 3.93. The fraction of sp³-hybridized carbons (Fsp3) is 0.545.